The number of halogens is 3. The Morgan fingerprint density at radius 1 is 1.26 bits per heavy atom. The van der Waals surface area contributed by atoms with Gasteiger partial charge in [0.2, 0.25) is 0 Å². The number of fused-ring (bicyclic) bond motifs is 7. The lowest BCUT2D eigenvalue weighted by atomic mass is 9.46. The number of allylic oxidation sites excluding steroid dienone is 4. The predicted molar refractivity (Wildman–Crippen MR) is 139 cm³/mol. The van der Waals surface area contributed by atoms with E-state index in [1.54, 1.807) is 6.08 Å². The maximum atomic E-state index is 15.8. The molecular formula is C27H35Cl2FO4S. The molecule has 0 aromatic rings. The largest absolute Gasteiger partial charge is 0.484 e. The van der Waals surface area contributed by atoms with Gasteiger partial charge >= 0.3 is 0 Å². The molecule has 0 amide bonds. The van der Waals surface area contributed by atoms with Crippen LogP contribution in [0.3, 0.4) is 0 Å². The monoisotopic (exact) mass is 544 g/mol. The zero-order chi connectivity index (χ0) is 25.6. The highest BCUT2D eigenvalue weighted by Crippen LogP contribution is 2.74. The lowest BCUT2D eigenvalue weighted by Crippen LogP contribution is -2.69. The minimum atomic E-state index is -1.28. The fourth-order valence-corrected chi connectivity index (χ4v) is 9.69. The van der Waals surface area contributed by atoms with Crippen molar-refractivity contribution in [1.82, 2.24) is 0 Å². The number of unbranched alkanes of at least 4 members (excludes halogenated alkanes) is 1. The smallest absolute Gasteiger partial charge is 0.195 e. The second kappa shape index (κ2) is 8.23. The molecule has 8 heteroatoms. The molecule has 0 radical (unpaired) electrons. The van der Waals surface area contributed by atoms with Crippen LogP contribution in [0, 0.1) is 22.7 Å². The van der Waals surface area contributed by atoms with E-state index >= 15 is 4.39 Å². The minimum absolute atomic E-state index is 0.0496. The summed E-state index contributed by atoms with van der Waals surface area (Å²) in [6.45, 7) is 10.5. The van der Waals surface area contributed by atoms with E-state index in [1.165, 1.54) is 12.2 Å². The van der Waals surface area contributed by atoms with Crippen molar-refractivity contribution in [3.8, 4) is 0 Å². The molecule has 1 saturated heterocycles. The number of ketones is 1. The van der Waals surface area contributed by atoms with E-state index in [2.05, 4.69) is 13.8 Å². The van der Waals surface area contributed by atoms with Gasteiger partial charge in [-0.15, -0.1) is 23.2 Å². The zero-order valence-corrected chi connectivity index (χ0v) is 23.4. The molecule has 1 heterocycles. The highest BCUT2D eigenvalue weighted by molar-refractivity contribution is 7.80. The fraction of sp³-hybridized carbons (Fsp3) is 0.778. The lowest BCUT2D eigenvalue weighted by molar-refractivity contribution is -0.197. The lowest BCUT2D eigenvalue weighted by Gasteiger charge is -2.64. The van der Waals surface area contributed by atoms with Crippen molar-refractivity contribution < 1.29 is 23.4 Å². The van der Waals surface area contributed by atoms with Gasteiger partial charge in [-0.1, -0.05) is 33.3 Å². The van der Waals surface area contributed by atoms with Crippen molar-refractivity contribution in [3.05, 3.63) is 23.8 Å². The molecule has 0 spiro atoms. The van der Waals surface area contributed by atoms with Gasteiger partial charge in [0.25, 0.3) is 0 Å². The van der Waals surface area contributed by atoms with E-state index in [0.29, 0.717) is 30.1 Å². The highest BCUT2D eigenvalue weighted by atomic mass is 35.5. The summed E-state index contributed by atoms with van der Waals surface area (Å²) in [5.74, 6) is -1.36. The number of carbonyl (C=O) groups excluding carboxylic acids is 1. The van der Waals surface area contributed by atoms with E-state index < -0.39 is 38.6 Å². The van der Waals surface area contributed by atoms with Gasteiger partial charge in [-0.25, -0.2) is 4.39 Å². The van der Waals surface area contributed by atoms with Crippen LogP contribution in [0.2, 0.25) is 0 Å². The topological polar surface area (TPSA) is 44.8 Å². The fourth-order valence-electron chi connectivity index (χ4n) is 8.00. The maximum absolute atomic E-state index is 15.8. The number of thiocarbonyl (C=S) groups is 1. The molecule has 9 atom stereocenters. The second-order valence-electron chi connectivity index (χ2n) is 11.9. The van der Waals surface area contributed by atoms with Crippen molar-refractivity contribution in [1.29, 1.82) is 0 Å². The van der Waals surface area contributed by atoms with Crippen LogP contribution in [-0.4, -0.2) is 51.4 Å². The quantitative estimate of drug-likeness (QED) is 0.230. The summed E-state index contributed by atoms with van der Waals surface area (Å²) in [6.07, 6.45) is 6.28. The summed E-state index contributed by atoms with van der Waals surface area (Å²) < 4.78 is 35.1. The predicted octanol–water partition coefficient (Wildman–Crippen LogP) is 6.47. The first-order valence-corrected chi connectivity index (χ1v) is 14.0. The van der Waals surface area contributed by atoms with Gasteiger partial charge in [-0.05, 0) is 81.3 Å². The third kappa shape index (κ3) is 3.28. The number of alkyl halides is 3. The number of hydrogen-bond donors (Lipinski definition) is 0. The maximum Gasteiger partial charge on any atom is 0.195 e. The van der Waals surface area contributed by atoms with Gasteiger partial charge in [0.05, 0.1) is 23.0 Å². The summed E-state index contributed by atoms with van der Waals surface area (Å²) >= 11 is 20.8. The minimum Gasteiger partial charge on any atom is -0.484 e. The Balaban J connectivity index is 1.60. The van der Waals surface area contributed by atoms with Gasteiger partial charge in [0.15, 0.2) is 22.2 Å². The SMILES string of the molecule is CCCCOC(=S)[C@@]12OC(C)(C)O[C@@H]1C[C@H]1[C@@H]3C[C@H](F)C4=CC(=O)C=C[C@]4(C)[C@@]3(Cl)[C@@H](Cl)C[C@@]12C. The molecular weight excluding hydrogens is 510 g/mol. The summed E-state index contributed by atoms with van der Waals surface area (Å²) in [7, 11) is 0. The highest BCUT2D eigenvalue weighted by Gasteiger charge is 2.79. The Morgan fingerprint density at radius 3 is 2.66 bits per heavy atom. The Kier molecular flexibility index (Phi) is 6.14. The number of hydrogen-bond acceptors (Lipinski definition) is 5. The van der Waals surface area contributed by atoms with Gasteiger partial charge in [0.1, 0.15) is 6.17 Å². The van der Waals surface area contributed by atoms with E-state index in [9.17, 15) is 4.79 Å². The first-order valence-electron chi connectivity index (χ1n) is 12.7. The molecule has 0 bridgehead atoms. The van der Waals surface area contributed by atoms with E-state index in [1.807, 2.05) is 20.8 Å². The molecule has 4 fully saturated rings. The number of rotatable bonds is 4. The van der Waals surface area contributed by atoms with Gasteiger partial charge < -0.3 is 14.2 Å². The first-order chi connectivity index (χ1) is 16.3. The molecule has 3 saturated carbocycles. The van der Waals surface area contributed by atoms with Crippen LogP contribution in [0.25, 0.3) is 0 Å². The molecule has 5 rings (SSSR count). The molecule has 4 aliphatic carbocycles. The summed E-state index contributed by atoms with van der Waals surface area (Å²) in [4.78, 5) is 11.2. The van der Waals surface area contributed by atoms with Crippen LogP contribution >= 0.6 is 35.4 Å². The second-order valence-corrected chi connectivity index (χ2v) is 13.4. The summed E-state index contributed by atoms with van der Waals surface area (Å²) in [6, 6.07) is 0. The van der Waals surface area contributed by atoms with Crippen LogP contribution in [0.4, 0.5) is 4.39 Å². The summed E-state index contributed by atoms with van der Waals surface area (Å²) in [5, 5.41) is -0.115. The molecule has 194 valence electrons. The van der Waals surface area contributed by atoms with E-state index in [0.717, 1.165) is 12.8 Å². The molecule has 0 N–H and O–H groups in total. The molecule has 5 aliphatic rings. The van der Waals surface area contributed by atoms with Crippen molar-refractivity contribution in [2.24, 2.45) is 22.7 Å². The Labute approximate surface area is 222 Å². The zero-order valence-electron chi connectivity index (χ0n) is 21.0. The standard InChI is InChI=1S/C27H35Cl2FO4S/c1-6-7-10-32-22(35)27-21(33-23(2,3)34-27)13-16-17-12-19(30)18-11-15(31)8-9-24(18,4)26(17,29)20(28)14-25(16,27)5/h8-9,11,16-17,19-21H,6-7,10,12-14H2,1-5H3/t16-,17-,19-,20-,21+,24-,25-,26-,27-/m0/s1. The van der Waals surface area contributed by atoms with Gasteiger partial charge in [-0.3, -0.25) is 4.79 Å². The first kappa shape index (κ1) is 26.1. The molecule has 1 aliphatic heterocycles. The average Bonchev–Trinajstić information content (AvgIpc) is 3.18. The van der Waals surface area contributed by atoms with Crippen molar-refractivity contribution in [2.75, 3.05) is 6.61 Å². The van der Waals surface area contributed by atoms with Crippen LogP contribution in [0.15, 0.2) is 23.8 Å². The molecule has 0 aromatic carbocycles. The number of carbonyl (C=O) groups is 1. The van der Waals surface area contributed by atoms with Crippen LogP contribution < -0.4 is 0 Å². The Morgan fingerprint density at radius 2 is 1.97 bits per heavy atom. The molecule has 0 aromatic heterocycles. The van der Waals surface area contributed by atoms with Gasteiger partial charge in [-0.2, -0.15) is 0 Å². The van der Waals surface area contributed by atoms with Crippen molar-refractivity contribution >= 4 is 46.3 Å². The van der Waals surface area contributed by atoms with Crippen molar-refractivity contribution in [2.45, 2.75) is 101 Å². The van der Waals surface area contributed by atoms with Crippen LogP contribution in [-0.2, 0) is 19.0 Å². The van der Waals surface area contributed by atoms with Gasteiger partial charge in [0, 0.05) is 10.8 Å². The number of ether oxygens (including phenoxy) is 3. The van der Waals surface area contributed by atoms with E-state index in [4.69, 9.17) is 49.6 Å². The molecule has 0 unspecified atom stereocenters. The molecule has 4 nitrogen and oxygen atoms in total. The Hall–Kier alpha value is -0.530. The van der Waals surface area contributed by atoms with Crippen LogP contribution in [0.1, 0.15) is 66.7 Å². The summed E-state index contributed by atoms with van der Waals surface area (Å²) in [5.41, 5.74) is -1.97. The van der Waals surface area contributed by atoms with Crippen molar-refractivity contribution in [3.63, 3.8) is 0 Å². The Bertz CT molecular complexity index is 1020. The average molecular weight is 546 g/mol. The van der Waals surface area contributed by atoms with E-state index in [-0.39, 0.29) is 30.1 Å². The normalized spacial score (nSPS) is 49.5. The molecule has 35 heavy (non-hydrogen) atoms. The third-order valence-corrected chi connectivity index (χ3v) is 11.6. The third-order valence-electron chi connectivity index (χ3n) is 9.61. The van der Waals surface area contributed by atoms with Crippen LogP contribution in [0.5, 0.6) is 0 Å².